The first kappa shape index (κ1) is 11.0. The van der Waals surface area contributed by atoms with Crippen molar-refractivity contribution in [1.82, 2.24) is 4.98 Å². The van der Waals surface area contributed by atoms with E-state index in [-0.39, 0.29) is 6.61 Å². The third kappa shape index (κ3) is 2.04. The van der Waals surface area contributed by atoms with Gasteiger partial charge in [-0.1, -0.05) is 0 Å². The van der Waals surface area contributed by atoms with E-state index >= 15 is 0 Å². The van der Waals surface area contributed by atoms with E-state index in [9.17, 15) is 13.2 Å². The van der Waals surface area contributed by atoms with E-state index in [1.54, 1.807) is 6.07 Å². The second-order valence-corrected chi connectivity index (χ2v) is 3.57. The summed E-state index contributed by atoms with van der Waals surface area (Å²) in [6.45, 7) is -0.0288. The summed E-state index contributed by atoms with van der Waals surface area (Å²) >= 11 is 0. The average Bonchev–Trinajstić information content (AvgIpc) is 2.57. The molecule has 16 heavy (non-hydrogen) atoms. The van der Waals surface area contributed by atoms with Crippen molar-refractivity contribution in [1.29, 1.82) is 0 Å². The highest BCUT2D eigenvalue weighted by Gasteiger charge is 2.30. The number of aliphatic hydroxyl groups excluding tert-OH is 1. The fraction of sp³-hybridized carbons (Fsp3) is 0.273. The second-order valence-electron chi connectivity index (χ2n) is 3.57. The van der Waals surface area contributed by atoms with Gasteiger partial charge in [-0.15, -0.1) is 0 Å². The molecule has 0 saturated carbocycles. The van der Waals surface area contributed by atoms with Gasteiger partial charge in [0.15, 0.2) is 0 Å². The van der Waals surface area contributed by atoms with Crippen LogP contribution in [0.25, 0.3) is 10.9 Å². The molecule has 1 heterocycles. The standard InChI is InChI=1S/C11H10F3NO/c12-11(13,14)8-1-2-10-7(5-8)6-9(15-10)3-4-16/h1-2,5-6,15-16H,3-4H2. The predicted molar refractivity (Wildman–Crippen MR) is 54.1 cm³/mol. The summed E-state index contributed by atoms with van der Waals surface area (Å²) in [5.74, 6) is 0. The lowest BCUT2D eigenvalue weighted by Crippen LogP contribution is -2.03. The maximum absolute atomic E-state index is 12.4. The van der Waals surface area contributed by atoms with Gasteiger partial charge < -0.3 is 10.1 Å². The quantitative estimate of drug-likeness (QED) is 0.816. The lowest BCUT2D eigenvalue weighted by atomic mass is 10.1. The van der Waals surface area contributed by atoms with Crippen LogP contribution in [0.1, 0.15) is 11.3 Å². The molecule has 1 aromatic carbocycles. The number of H-pyrrole nitrogens is 1. The Kier molecular flexibility index (Phi) is 2.63. The number of hydrogen-bond donors (Lipinski definition) is 2. The molecule has 0 aliphatic carbocycles. The first-order chi connectivity index (χ1) is 7.50. The molecule has 0 spiro atoms. The fourth-order valence-electron chi connectivity index (χ4n) is 1.62. The van der Waals surface area contributed by atoms with Crippen molar-refractivity contribution in [3.63, 3.8) is 0 Å². The number of alkyl halides is 3. The maximum atomic E-state index is 12.4. The monoisotopic (exact) mass is 229 g/mol. The molecular formula is C11H10F3NO. The van der Waals surface area contributed by atoms with Crippen LogP contribution in [0.3, 0.4) is 0 Å². The van der Waals surface area contributed by atoms with Crippen LogP contribution in [0.2, 0.25) is 0 Å². The van der Waals surface area contributed by atoms with Gasteiger partial charge in [0.2, 0.25) is 0 Å². The van der Waals surface area contributed by atoms with Crippen LogP contribution in [0.5, 0.6) is 0 Å². The first-order valence-electron chi connectivity index (χ1n) is 4.80. The minimum Gasteiger partial charge on any atom is -0.396 e. The number of aromatic nitrogens is 1. The summed E-state index contributed by atoms with van der Waals surface area (Å²) in [7, 11) is 0. The highest BCUT2D eigenvalue weighted by atomic mass is 19.4. The molecule has 5 heteroatoms. The molecule has 0 bridgehead atoms. The van der Waals surface area contributed by atoms with Crippen molar-refractivity contribution < 1.29 is 18.3 Å². The van der Waals surface area contributed by atoms with Crippen LogP contribution in [-0.4, -0.2) is 16.7 Å². The van der Waals surface area contributed by atoms with E-state index in [4.69, 9.17) is 5.11 Å². The van der Waals surface area contributed by atoms with Gasteiger partial charge >= 0.3 is 6.18 Å². The van der Waals surface area contributed by atoms with Crippen LogP contribution in [-0.2, 0) is 12.6 Å². The SMILES string of the molecule is OCCc1cc2cc(C(F)(F)F)ccc2[nH]1. The molecular weight excluding hydrogens is 219 g/mol. The number of nitrogens with one attached hydrogen (secondary N) is 1. The second kappa shape index (κ2) is 3.83. The lowest BCUT2D eigenvalue weighted by molar-refractivity contribution is -0.137. The Labute approximate surface area is 89.7 Å². The zero-order chi connectivity index (χ0) is 11.8. The van der Waals surface area contributed by atoms with E-state index < -0.39 is 11.7 Å². The zero-order valence-corrected chi connectivity index (χ0v) is 8.30. The summed E-state index contributed by atoms with van der Waals surface area (Å²) in [6.07, 6.45) is -3.90. The Hall–Kier alpha value is -1.49. The third-order valence-electron chi connectivity index (χ3n) is 2.38. The van der Waals surface area contributed by atoms with Crippen LogP contribution >= 0.6 is 0 Å². The molecule has 0 unspecified atom stereocenters. The molecule has 0 fully saturated rings. The van der Waals surface area contributed by atoms with Gasteiger partial charge in [-0.3, -0.25) is 0 Å². The molecule has 2 nitrogen and oxygen atoms in total. The Bertz CT molecular complexity index is 501. The molecule has 0 saturated heterocycles. The summed E-state index contributed by atoms with van der Waals surface area (Å²) in [4.78, 5) is 2.95. The van der Waals surface area contributed by atoms with Gasteiger partial charge in [0, 0.05) is 29.6 Å². The summed E-state index contributed by atoms with van der Waals surface area (Å²) in [5, 5.41) is 9.24. The summed E-state index contributed by atoms with van der Waals surface area (Å²) in [6, 6.07) is 5.17. The van der Waals surface area contributed by atoms with Crippen molar-refractivity contribution in [2.45, 2.75) is 12.6 Å². The van der Waals surface area contributed by atoms with Gasteiger partial charge in [0.25, 0.3) is 0 Å². The van der Waals surface area contributed by atoms with Gasteiger partial charge in [0.1, 0.15) is 0 Å². The number of fused-ring (bicyclic) bond motifs is 1. The van der Waals surface area contributed by atoms with Crippen LogP contribution in [0.4, 0.5) is 13.2 Å². The average molecular weight is 229 g/mol. The minimum absolute atomic E-state index is 0.0288. The summed E-state index contributed by atoms with van der Waals surface area (Å²) < 4.78 is 37.3. The molecule has 2 rings (SSSR count). The number of hydrogen-bond acceptors (Lipinski definition) is 1. The predicted octanol–water partition coefficient (Wildman–Crippen LogP) is 2.72. The Morgan fingerprint density at radius 1 is 1.19 bits per heavy atom. The first-order valence-corrected chi connectivity index (χ1v) is 4.80. The Morgan fingerprint density at radius 3 is 2.56 bits per heavy atom. The molecule has 0 aliphatic heterocycles. The molecule has 0 radical (unpaired) electrons. The van der Waals surface area contributed by atoms with Crippen molar-refractivity contribution in [3.8, 4) is 0 Å². The molecule has 1 aromatic heterocycles. The highest BCUT2D eigenvalue weighted by Crippen LogP contribution is 2.31. The van der Waals surface area contributed by atoms with Crippen molar-refractivity contribution in [2.24, 2.45) is 0 Å². The number of aliphatic hydroxyl groups is 1. The molecule has 0 atom stereocenters. The van der Waals surface area contributed by atoms with Crippen molar-refractivity contribution >= 4 is 10.9 Å². The van der Waals surface area contributed by atoms with Crippen LogP contribution < -0.4 is 0 Å². The number of rotatable bonds is 2. The topological polar surface area (TPSA) is 36.0 Å². The van der Waals surface area contributed by atoms with Gasteiger partial charge in [-0.2, -0.15) is 13.2 Å². The van der Waals surface area contributed by atoms with Gasteiger partial charge in [0.05, 0.1) is 5.56 Å². The smallest absolute Gasteiger partial charge is 0.396 e. The van der Waals surface area contributed by atoms with Gasteiger partial charge in [-0.25, -0.2) is 0 Å². The molecule has 86 valence electrons. The largest absolute Gasteiger partial charge is 0.416 e. The maximum Gasteiger partial charge on any atom is 0.416 e. The zero-order valence-electron chi connectivity index (χ0n) is 8.30. The van der Waals surface area contributed by atoms with E-state index in [1.807, 2.05) is 0 Å². The minimum atomic E-state index is -4.32. The summed E-state index contributed by atoms with van der Waals surface area (Å²) in [5.41, 5.74) is 0.725. The van der Waals surface area contributed by atoms with Crippen molar-refractivity contribution in [3.05, 3.63) is 35.5 Å². The molecule has 0 amide bonds. The van der Waals surface area contributed by atoms with E-state index in [2.05, 4.69) is 4.98 Å². The molecule has 2 aromatic rings. The fourth-order valence-corrected chi connectivity index (χ4v) is 1.62. The highest BCUT2D eigenvalue weighted by molar-refractivity contribution is 5.81. The Balaban J connectivity index is 2.46. The van der Waals surface area contributed by atoms with E-state index in [1.165, 1.54) is 6.07 Å². The van der Waals surface area contributed by atoms with E-state index in [0.717, 1.165) is 17.8 Å². The van der Waals surface area contributed by atoms with Crippen LogP contribution in [0, 0.1) is 0 Å². The van der Waals surface area contributed by atoms with E-state index in [0.29, 0.717) is 17.3 Å². The van der Waals surface area contributed by atoms with Crippen molar-refractivity contribution in [2.75, 3.05) is 6.61 Å². The molecule has 0 aliphatic rings. The number of halogens is 3. The van der Waals surface area contributed by atoms with Gasteiger partial charge in [-0.05, 0) is 24.3 Å². The number of benzene rings is 1. The third-order valence-corrected chi connectivity index (χ3v) is 2.38. The van der Waals surface area contributed by atoms with Crippen LogP contribution in [0.15, 0.2) is 24.3 Å². The number of aromatic amines is 1. The normalized spacial score (nSPS) is 12.2. The molecule has 2 N–H and O–H groups in total. The lowest BCUT2D eigenvalue weighted by Gasteiger charge is -2.05. The Morgan fingerprint density at radius 2 is 1.94 bits per heavy atom.